The molecule has 1 aliphatic heterocycles. The van der Waals surface area contributed by atoms with Crippen LogP contribution in [0.25, 0.3) is 0 Å². The van der Waals surface area contributed by atoms with E-state index in [1.54, 1.807) is 0 Å². The molecule has 2 aliphatic rings. The third-order valence-electron chi connectivity index (χ3n) is 4.36. The normalized spacial score (nSPS) is 25.2. The van der Waals surface area contributed by atoms with E-state index in [9.17, 15) is 9.59 Å². The molecule has 5 heteroatoms. The van der Waals surface area contributed by atoms with Gasteiger partial charge in [0.15, 0.2) is 0 Å². The molecule has 19 heavy (non-hydrogen) atoms. The number of likely N-dealkylation sites (tertiary alicyclic amines) is 1. The van der Waals surface area contributed by atoms with Gasteiger partial charge in [0.05, 0.1) is 4.99 Å². The van der Waals surface area contributed by atoms with Crippen LogP contribution in [0.2, 0.25) is 0 Å². The van der Waals surface area contributed by atoms with Crippen molar-refractivity contribution in [3.63, 3.8) is 0 Å². The number of hydrogen-bond donors (Lipinski definition) is 1. The molecule has 2 rings (SSSR count). The maximum atomic E-state index is 12.3. The van der Waals surface area contributed by atoms with Crippen LogP contribution in [0.5, 0.6) is 0 Å². The SMILES string of the molecule is CC1CC(=O)N(C2(C(N)=S)CCCCCC2)C(=O)C1. The van der Waals surface area contributed by atoms with Gasteiger partial charge in [0.2, 0.25) is 11.8 Å². The van der Waals surface area contributed by atoms with Crippen molar-refractivity contribution in [2.45, 2.75) is 63.8 Å². The average molecular weight is 282 g/mol. The summed E-state index contributed by atoms with van der Waals surface area (Å²) in [5.74, 6) is -0.0673. The van der Waals surface area contributed by atoms with E-state index in [0.29, 0.717) is 17.8 Å². The van der Waals surface area contributed by atoms with Gasteiger partial charge in [-0.1, -0.05) is 44.8 Å². The lowest BCUT2D eigenvalue weighted by Crippen LogP contribution is -2.62. The molecular formula is C14H22N2O2S. The Bertz CT molecular complexity index is 382. The Morgan fingerprint density at radius 2 is 1.63 bits per heavy atom. The van der Waals surface area contributed by atoms with Gasteiger partial charge in [0, 0.05) is 12.8 Å². The van der Waals surface area contributed by atoms with Crippen molar-refractivity contribution in [2.75, 3.05) is 0 Å². The van der Waals surface area contributed by atoms with Gasteiger partial charge in [-0.15, -0.1) is 0 Å². The number of piperidine rings is 1. The summed E-state index contributed by atoms with van der Waals surface area (Å²) >= 11 is 5.24. The number of thiocarbonyl (C=S) groups is 1. The molecule has 1 heterocycles. The van der Waals surface area contributed by atoms with E-state index in [2.05, 4.69) is 0 Å². The second-order valence-corrected chi connectivity index (χ2v) is 6.39. The first kappa shape index (κ1) is 14.4. The number of amides is 2. The Morgan fingerprint density at radius 3 is 2.05 bits per heavy atom. The Labute approximate surface area is 119 Å². The minimum Gasteiger partial charge on any atom is -0.391 e. The molecule has 1 aliphatic carbocycles. The van der Waals surface area contributed by atoms with Crippen LogP contribution in [-0.4, -0.2) is 27.2 Å². The topological polar surface area (TPSA) is 63.4 Å². The van der Waals surface area contributed by atoms with Crippen LogP contribution in [0.15, 0.2) is 0 Å². The highest BCUT2D eigenvalue weighted by molar-refractivity contribution is 7.80. The number of hydrogen-bond acceptors (Lipinski definition) is 3. The smallest absolute Gasteiger partial charge is 0.230 e. The lowest BCUT2D eigenvalue weighted by molar-refractivity contribution is -0.155. The van der Waals surface area contributed by atoms with E-state index in [0.717, 1.165) is 38.5 Å². The molecule has 0 atom stereocenters. The Hall–Kier alpha value is -0.970. The standard InChI is InChI=1S/C14H22N2O2S/c1-10-8-11(17)16(12(18)9-10)14(13(15)19)6-4-2-3-5-7-14/h10H,2-9H2,1H3,(H2,15,19). The van der Waals surface area contributed by atoms with E-state index in [-0.39, 0.29) is 17.7 Å². The van der Waals surface area contributed by atoms with Crippen molar-refractivity contribution in [3.8, 4) is 0 Å². The molecule has 0 aromatic carbocycles. The predicted octanol–water partition coefficient (Wildman–Crippen LogP) is 2.15. The van der Waals surface area contributed by atoms with Crippen molar-refractivity contribution in [3.05, 3.63) is 0 Å². The maximum absolute atomic E-state index is 12.3. The van der Waals surface area contributed by atoms with Gasteiger partial charge in [-0.05, 0) is 18.8 Å². The predicted molar refractivity (Wildman–Crippen MR) is 77.5 cm³/mol. The largest absolute Gasteiger partial charge is 0.391 e. The number of imide groups is 1. The highest BCUT2D eigenvalue weighted by Crippen LogP contribution is 2.36. The quantitative estimate of drug-likeness (QED) is 0.479. The van der Waals surface area contributed by atoms with Crippen molar-refractivity contribution in [1.82, 2.24) is 4.90 Å². The fraction of sp³-hybridized carbons (Fsp3) is 0.786. The summed E-state index contributed by atoms with van der Waals surface area (Å²) in [5.41, 5.74) is 5.25. The zero-order valence-electron chi connectivity index (χ0n) is 11.5. The van der Waals surface area contributed by atoms with Crippen LogP contribution >= 0.6 is 12.2 Å². The van der Waals surface area contributed by atoms with Crippen LogP contribution in [-0.2, 0) is 9.59 Å². The summed E-state index contributed by atoms with van der Waals surface area (Å²) in [6.45, 7) is 1.94. The summed E-state index contributed by atoms with van der Waals surface area (Å²) in [6.07, 6.45) is 6.51. The van der Waals surface area contributed by atoms with Gasteiger partial charge in [-0.2, -0.15) is 0 Å². The van der Waals surface area contributed by atoms with Crippen molar-refractivity contribution >= 4 is 29.0 Å². The first-order valence-electron chi connectivity index (χ1n) is 7.13. The first-order chi connectivity index (χ1) is 8.97. The van der Waals surface area contributed by atoms with Crippen LogP contribution in [0, 0.1) is 5.92 Å². The van der Waals surface area contributed by atoms with E-state index in [4.69, 9.17) is 18.0 Å². The highest BCUT2D eigenvalue weighted by Gasteiger charge is 2.47. The molecule has 0 unspecified atom stereocenters. The fourth-order valence-electron chi connectivity index (χ4n) is 3.36. The van der Waals surface area contributed by atoms with Gasteiger partial charge in [0.1, 0.15) is 5.54 Å². The number of rotatable bonds is 2. The lowest BCUT2D eigenvalue weighted by atomic mass is 9.84. The number of carbonyl (C=O) groups is 2. The van der Waals surface area contributed by atoms with E-state index in [1.165, 1.54) is 4.90 Å². The van der Waals surface area contributed by atoms with Gasteiger partial charge in [0.25, 0.3) is 0 Å². The van der Waals surface area contributed by atoms with Crippen molar-refractivity contribution in [2.24, 2.45) is 11.7 Å². The molecule has 4 nitrogen and oxygen atoms in total. The number of carbonyl (C=O) groups excluding carboxylic acids is 2. The molecule has 1 saturated carbocycles. The van der Waals surface area contributed by atoms with Crippen LogP contribution < -0.4 is 5.73 Å². The van der Waals surface area contributed by atoms with Gasteiger partial charge < -0.3 is 5.73 Å². The van der Waals surface area contributed by atoms with Gasteiger partial charge in [-0.3, -0.25) is 14.5 Å². The Morgan fingerprint density at radius 1 is 1.16 bits per heavy atom. The van der Waals surface area contributed by atoms with E-state index in [1.807, 2.05) is 6.92 Å². The summed E-state index contributed by atoms with van der Waals surface area (Å²) in [5, 5.41) is 0. The summed E-state index contributed by atoms with van der Waals surface area (Å²) in [4.78, 5) is 26.4. The minimum atomic E-state index is -0.694. The molecule has 0 aromatic rings. The average Bonchev–Trinajstić information content (AvgIpc) is 2.54. The third kappa shape index (κ3) is 2.66. The molecular weight excluding hydrogens is 260 g/mol. The van der Waals surface area contributed by atoms with Gasteiger partial charge >= 0.3 is 0 Å². The van der Waals surface area contributed by atoms with Crippen LogP contribution in [0.1, 0.15) is 58.3 Å². The van der Waals surface area contributed by atoms with E-state index < -0.39 is 5.54 Å². The lowest BCUT2D eigenvalue weighted by Gasteiger charge is -2.44. The van der Waals surface area contributed by atoms with Crippen molar-refractivity contribution < 1.29 is 9.59 Å². The molecule has 0 radical (unpaired) electrons. The van der Waals surface area contributed by atoms with E-state index >= 15 is 0 Å². The first-order valence-corrected chi connectivity index (χ1v) is 7.54. The van der Waals surface area contributed by atoms with Crippen LogP contribution in [0.3, 0.4) is 0 Å². The summed E-state index contributed by atoms with van der Waals surface area (Å²) in [6, 6.07) is 0. The number of nitrogens with zero attached hydrogens (tertiary/aromatic N) is 1. The molecule has 2 N–H and O–H groups in total. The zero-order valence-corrected chi connectivity index (χ0v) is 12.3. The highest BCUT2D eigenvalue weighted by atomic mass is 32.1. The molecule has 0 bridgehead atoms. The molecule has 0 aromatic heterocycles. The number of nitrogens with two attached hydrogens (primary N) is 1. The van der Waals surface area contributed by atoms with Crippen molar-refractivity contribution in [1.29, 1.82) is 0 Å². The Balaban J connectivity index is 2.34. The summed E-state index contributed by atoms with van der Waals surface area (Å²) < 4.78 is 0. The molecule has 2 amide bonds. The molecule has 106 valence electrons. The molecule has 2 fully saturated rings. The Kier molecular flexibility index (Phi) is 4.23. The molecule has 1 saturated heterocycles. The second-order valence-electron chi connectivity index (χ2n) is 5.95. The maximum Gasteiger partial charge on any atom is 0.230 e. The summed E-state index contributed by atoms with van der Waals surface area (Å²) in [7, 11) is 0. The zero-order chi connectivity index (χ0) is 14.0. The minimum absolute atomic E-state index is 0.0987. The molecule has 0 spiro atoms. The monoisotopic (exact) mass is 282 g/mol. The second kappa shape index (κ2) is 5.57. The van der Waals surface area contributed by atoms with Crippen LogP contribution in [0.4, 0.5) is 0 Å². The fourth-order valence-corrected chi connectivity index (χ4v) is 3.66. The van der Waals surface area contributed by atoms with Gasteiger partial charge in [-0.25, -0.2) is 0 Å². The third-order valence-corrected chi connectivity index (χ3v) is 4.74.